The van der Waals surface area contributed by atoms with Crippen LogP contribution in [0.2, 0.25) is 0 Å². The van der Waals surface area contributed by atoms with Gasteiger partial charge in [-0.05, 0) is 12.1 Å². The number of rotatable bonds is 1. The van der Waals surface area contributed by atoms with Gasteiger partial charge in [0.15, 0.2) is 0 Å². The van der Waals surface area contributed by atoms with E-state index in [4.69, 9.17) is 5.21 Å². The third-order valence-corrected chi connectivity index (χ3v) is 1.77. The number of para-hydroxylation sites is 1. The SMILES string of the molecule is ONc1ccnc2ccccc12. The minimum atomic E-state index is 0.681. The summed E-state index contributed by atoms with van der Waals surface area (Å²) in [5.41, 5.74) is 3.68. The van der Waals surface area contributed by atoms with Gasteiger partial charge in [-0.15, -0.1) is 0 Å². The van der Waals surface area contributed by atoms with Gasteiger partial charge in [-0.2, -0.15) is 0 Å². The molecule has 3 nitrogen and oxygen atoms in total. The summed E-state index contributed by atoms with van der Waals surface area (Å²) in [6.07, 6.45) is 1.65. The van der Waals surface area contributed by atoms with Crippen molar-refractivity contribution < 1.29 is 5.21 Å². The van der Waals surface area contributed by atoms with Crippen molar-refractivity contribution in [1.82, 2.24) is 4.98 Å². The number of nitrogens with one attached hydrogen (secondary N) is 1. The van der Waals surface area contributed by atoms with Crippen LogP contribution in [0.1, 0.15) is 0 Å². The first kappa shape index (κ1) is 7.06. The molecule has 2 rings (SSSR count). The topological polar surface area (TPSA) is 45.1 Å². The molecule has 0 aliphatic heterocycles. The fourth-order valence-electron chi connectivity index (χ4n) is 1.19. The van der Waals surface area contributed by atoms with Gasteiger partial charge in [-0.3, -0.25) is 15.7 Å². The van der Waals surface area contributed by atoms with Crippen molar-refractivity contribution in [2.24, 2.45) is 0 Å². The molecule has 0 atom stereocenters. The number of hydrogen-bond donors (Lipinski definition) is 2. The van der Waals surface area contributed by atoms with Gasteiger partial charge < -0.3 is 0 Å². The molecular weight excluding hydrogens is 152 g/mol. The molecule has 0 fully saturated rings. The molecule has 12 heavy (non-hydrogen) atoms. The smallest absolute Gasteiger partial charge is 0.0723 e. The van der Waals surface area contributed by atoms with Crippen LogP contribution in [-0.4, -0.2) is 10.2 Å². The molecule has 3 heteroatoms. The molecule has 2 aromatic rings. The summed E-state index contributed by atoms with van der Waals surface area (Å²) in [7, 11) is 0. The maximum Gasteiger partial charge on any atom is 0.0723 e. The highest BCUT2D eigenvalue weighted by molar-refractivity contribution is 5.90. The maximum atomic E-state index is 8.76. The van der Waals surface area contributed by atoms with Crippen molar-refractivity contribution in [3.63, 3.8) is 0 Å². The second-order valence-electron chi connectivity index (χ2n) is 2.49. The molecule has 0 saturated heterocycles. The fourth-order valence-corrected chi connectivity index (χ4v) is 1.19. The number of aromatic nitrogens is 1. The number of hydrogen-bond acceptors (Lipinski definition) is 3. The van der Waals surface area contributed by atoms with E-state index >= 15 is 0 Å². The first-order chi connectivity index (χ1) is 5.92. The fraction of sp³-hybridized carbons (Fsp3) is 0. The van der Waals surface area contributed by atoms with Gasteiger partial charge in [-0.1, -0.05) is 18.2 Å². The Morgan fingerprint density at radius 2 is 2.00 bits per heavy atom. The van der Waals surface area contributed by atoms with Crippen LogP contribution >= 0.6 is 0 Å². The minimum Gasteiger partial charge on any atom is -0.291 e. The first-order valence-electron chi connectivity index (χ1n) is 3.65. The van der Waals surface area contributed by atoms with Gasteiger partial charge in [-0.25, -0.2) is 0 Å². The number of nitrogens with zero attached hydrogens (tertiary/aromatic N) is 1. The van der Waals surface area contributed by atoms with Crippen molar-refractivity contribution >= 4 is 16.6 Å². The van der Waals surface area contributed by atoms with E-state index in [1.807, 2.05) is 24.3 Å². The van der Waals surface area contributed by atoms with Crippen molar-refractivity contribution in [3.05, 3.63) is 36.5 Å². The zero-order chi connectivity index (χ0) is 8.39. The second-order valence-corrected chi connectivity index (χ2v) is 2.49. The van der Waals surface area contributed by atoms with Crippen LogP contribution in [0, 0.1) is 0 Å². The van der Waals surface area contributed by atoms with E-state index in [2.05, 4.69) is 10.5 Å². The number of fused-ring (bicyclic) bond motifs is 1. The van der Waals surface area contributed by atoms with E-state index in [-0.39, 0.29) is 0 Å². The van der Waals surface area contributed by atoms with E-state index in [1.165, 1.54) is 0 Å². The monoisotopic (exact) mass is 160 g/mol. The minimum absolute atomic E-state index is 0.681. The third kappa shape index (κ3) is 1.00. The number of pyridine rings is 1. The molecule has 1 heterocycles. The van der Waals surface area contributed by atoms with Gasteiger partial charge in [0.1, 0.15) is 0 Å². The highest BCUT2D eigenvalue weighted by Gasteiger charge is 1.97. The van der Waals surface area contributed by atoms with Gasteiger partial charge >= 0.3 is 0 Å². The molecule has 0 spiro atoms. The Labute approximate surface area is 69.6 Å². The van der Waals surface area contributed by atoms with Crippen LogP contribution in [0.4, 0.5) is 5.69 Å². The van der Waals surface area contributed by atoms with Crippen LogP contribution in [0.25, 0.3) is 10.9 Å². The van der Waals surface area contributed by atoms with E-state index in [1.54, 1.807) is 12.3 Å². The standard InChI is InChI=1S/C9H8N2O/c12-11-9-5-6-10-8-4-2-1-3-7(8)9/h1-6,12H,(H,10,11). The summed E-state index contributed by atoms with van der Waals surface area (Å²) in [5.74, 6) is 0. The lowest BCUT2D eigenvalue weighted by atomic mass is 10.2. The molecular formula is C9H8N2O. The molecule has 0 unspecified atom stereocenters. The molecule has 0 bridgehead atoms. The normalized spacial score (nSPS) is 10.1. The Kier molecular flexibility index (Phi) is 1.64. The van der Waals surface area contributed by atoms with Crippen molar-refractivity contribution in [1.29, 1.82) is 0 Å². The predicted molar refractivity (Wildman–Crippen MR) is 47.2 cm³/mol. The Morgan fingerprint density at radius 1 is 1.17 bits per heavy atom. The molecule has 0 aliphatic carbocycles. The van der Waals surface area contributed by atoms with E-state index in [0.717, 1.165) is 10.9 Å². The molecule has 1 aromatic heterocycles. The summed E-state index contributed by atoms with van der Waals surface area (Å²) in [6, 6.07) is 9.35. The van der Waals surface area contributed by atoms with Gasteiger partial charge in [0.2, 0.25) is 0 Å². The van der Waals surface area contributed by atoms with Gasteiger partial charge in [0.25, 0.3) is 0 Å². The lowest BCUT2D eigenvalue weighted by Gasteiger charge is -2.02. The molecule has 2 N–H and O–H groups in total. The third-order valence-electron chi connectivity index (χ3n) is 1.77. The molecule has 0 aliphatic rings. The number of anilines is 1. The number of benzene rings is 1. The summed E-state index contributed by atoms with van der Waals surface area (Å²) in [5, 5.41) is 9.68. The van der Waals surface area contributed by atoms with E-state index in [0.29, 0.717) is 5.69 Å². The zero-order valence-corrected chi connectivity index (χ0v) is 6.36. The van der Waals surface area contributed by atoms with Crippen LogP contribution < -0.4 is 5.48 Å². The molecule has 0 amide bonds. The highest BCUT2D eigenvalue weighted by atomic mass is 16.5. The van der Waals surface area contributed by atoms with Crippen LogP contribution in [0.15, 0.2) is 36.5 Å². The lowest BCUT2D eigenvalue weighted by Crippen LogP contribution is -1.90. The van der Waals surface area contributed by atoms with E-state index < -0.39 is 0 Å². The lowest BCUT2D eigenvalue weighted by molar-refractivity contribution is 0.390. The molecule has 0 saturated carbocycles. The zero-order valence-electron chi connectivity index (χ0n) is 6.36. The van der Waals surface area contributed by atoms with Crippen LogP contribution in [0.5, 0.6) is 0 Å². The van der Waals surface area contributed by atoms with Gasteiger partial charge in [0, 0.05) is 11.6 Å². The summed E-state index contributed by atoms with van der Waals surface area (Å²) >= 11 is 0. The van der Waals surface area contributed by atoms with Crippen LogP contribution in [0.3, 0.4) is 0 Å². The summed E-state index contributed by atoms with van der Waals surface area (Å²) < 4.78 is 0. The predicted octanol–water partition coefficient (Wildman–Crippen LogP) is 2.04. The van der Waals surface area contributed by atoms with Crippen LogP contribution in [-0.2, 0) is 0 Å². The maximum absolute atomic E-state index is 8.76. The Morgan fingerprint density at radius 3 is 2.83 bits per heavy atom. The quantitative estimate of drug-likeness (QED) is 0.627. The largest absolute Gasteiger partial charge is 0.291 e. The average Bonchev–Trinajstić information content (AvgIpc) is 2.17. The van der Waals surface area contributed by atoms with Crippen molar-refractivity contribution in [3.8, 4) is 0 Å². The highest BCUT2D eigenvalue weighted by Crippen LogP contribution is 2.19. The molecule has 1 aromatic carbocycles. The molecule has 60 valence electrons. The Balaban J connectivity index is 2.79. The van der Waals surface area contributed by atoms with Crippen molar-refractivity contribution in [2.75, 3.05) is 5.48 Å². The van der Waals surface area contributed by atoms with E-state index in [9.17, 15) is 0 Å². The average molecular weight is 160 g/mol. The summed E-state index contributed by atoms with van der Waals surface area (Å²) in [6.45, 7) is 0. The van der Waals surface area contributed by atoms with Crippen molar-refractivity contribution in [2.45, 2.75) is 0 Å². The summed E-state index contributed by atoms with van der Waals surface area (Å²) in [4.78, 5) is 4.14. The molecule has 0 radical (unpaired) electrons. The van der Waals surface area contributed by atoms with Gasteiger partial charge in [0.05, 0.1) is 11.2 Å². The Bertz CT molecular complexity index is 395. The first-order valence-corrected chi connectivity index (χ1v) is 3.65. The Hall–Kier alpha value is -1.61. The second kappa shape index (κ2) is 2.79.